The van der Waals surface area contributed by atoms with E-state index in [0.29, 0.717) is 25.7 Å². The van der Waals surface area contributed by atoms with Gasteiger partial charge in [-0.25, -0.2) is 13.1 Å². The molecule has 1 atom stereocenters. The summed E-state index contributed by atoms with van der Waals surface area (Å²) in [5, 5.41) is 3.10. The summed E-state index contributed by atoms with van der Waals surface area (Å²) in [5.41, 5.74) is -1.06. The fourth-order valence-corrected chi connectivity index (χ4v) is 3.41. The van der Waals surface area contributed by atoms with Crippen molar-refractivity contribution >= 4 is 28.3 Å². The molecule has 142 valence electrons. The first kappa shape index (κ1) is 21.7. The third-order valence-corrected chi connectivity index (χ3v) is 5.11. The van der Waals surface area contributed by atoms with Gasteiger partial charge in [0.1, 0.15) is 0 Å². The molecule has 25 heavy (non-hydrogen) atoms. The Hall–Kier alpha value is -1.36. The molecule has 11 heteroatoms. The zero-order valence-electron chi connectivity index (χ0n) is 13.3. The highest BCUT2D eigenvalue weighted by Crippen LogP contribution is 2.30. The number of nitrogens with one attached hydrogen (secondary N) is 2. The second-order valence-corrected chi connectivity index (χ2v) is 7.26. The van der Waals surface area contributed by atoms with Crippen molar-refractivity contribution in [3.8, 4) is 0 Å². The summed E-state index contributed by atoms with van der Waals surface area (Å²) in [6.45, 7) is 2.99. The first-order chi connectivity index (χ1) is 11.1. The van der Waals surface area contributed by atoms with Crippen LogP contribution in [0.1, 0.15) is 12.5 Å². The summed E-state index contributed by atoms with van der Waals surface area (Å²) in [6, 6.07) is 3.31. The number of halogens is 4. The zero-order valence-corrected chi connectivity index (χ0v) is 15.0. The number of carbonyl (C=O) groups excluding carboxylic acids is 1. The van der Waals surface area contributed by atoms with E-state index in [0.717, 1.165) is 18.2 Å². The molecule has 0 aromatic heterocycles. The third-order valence-electron chi connectivity index (χ3n) is 3.71. The van der Waals surface area contributed by atoms with E-state index in [1.54, 1.807) is 0 Å². The number of piperazine rings is 1. The van der Waals surface area contributed by atoms with Crippen molar-refractivity contribution in [3.63, 3.8) is 0 Å². The van der Waals surface area contributed by atoms with Gasteiger partial charge in [0, 0.05) is 25.7 Å². The molecule has 1 aliphatic heterocycles. The number of amides is 1. The first-order valence-electron chi connectivity index (χ1n) is 7.28. The Morgan fingerprint density at radius 2 is 2.08 bits per heavy atom. The SMILES string of the molecule is CC1CNCCN1C(=O)CNS(=O)(=O)c1cccc(C(F)(F)F)c1.Cl. The van der Waals surface area contributed by atoms with Crippen LogP contribution in [0.4, 0.5) is 13.2 Å². The quantitative estimate of drug-likeness (QED) is 0.795. The second-order valence-electron chi connectivity index (χ2n) is 5.49. The molecule has 1 aliphatic rings. The van der Waals surface area contributed by atoms with E-state index in [9.17, 15) is 26.4 Å². The van der Waals surface area contributed by atoms with Gasteiger partial charge in [-0.3, -0.25) is 4.79 Å². The standard InChI is InChI=1S/C14H18F3N3O3S.ClH/c1-10-8-18-5-6-20(10)13(21)9-19-24(22,23)12-4-2-3-11(7-12)14(15,16)17;/h2-4,7,10,18-19H,5-6,8-9H2,1H3;1H. The van der Waals surface area contributed by atoms with Crippen molar-refractivity contribution < 1.29 is 26.4 Å². The van der Waals surface area contributed by atoms with E-state index in [1.165, 1.54) is 4.90 Å². The highest BCUT2D eigenvalue weighted by Gasteiger charge is 2.32. The maximum atomic E-state index is 12.7. The molecule has 2 N–H and O–H groups in total. The van der Waals surface area contributed by atoms with E-state index in [2.05, 4.69) is 10.0 Å². The number of carbonyl (C=O) groups is 1. The summed E-state index contributed by atoms with van der Waals surface area (Å²) in [7, 11) is -4.21. The van der Waals surface area contributed by atoms with Crippen LogP contribution in [-0.4, -0.2) is 51.4 Å². The molecule has 1 amide bonds. The van der Waals surface area contributed by atoms with Crippen LogP contribution in [0.15, 0.2) is 29.2 Å². The van der Waals surface area contributed by atoms with Crippen LogP contribution in [0.3, 0.4) is 0 Å². The Balaban J connectivity index is 0.00000312. The molecule has 1 aromatic carbocycles. The number of sulfonamides is 1. The number of rotatable bonds is 4. The number of benzene rings is 1. The second kappa shape index (κ2) is 8.35. The smallest absolute Gasteiger partial charge is 0.336 e. The molecular weight excluding hydrogens is 383 g/mol. The van der Waals surface area contributed by atoms with Crippen molar-refractivity contribution in [1.82, 2.24) is 14.9 Å². The highest BCUT2D eigenvalue weighted by molar-refractivity contribution is 7.89. The lowest BCUT2D eigenvalue weighted by Crippen LogP contribution is -2.54. The maximum Gasteiger partial charge on any atom is 0.416 e. The average Bonchev–Trinajstić information content (AvgIpc) is 2.52. The van der Waals surface area contributed by atoms with Crippen LogP contribution in [0, 0.1) is 0 Å². The van der Waals surface area contributed by atoms with Gasteiger partial charge < -0.3 is 10.2 Å². The zero-order chi connectivity index (χ0) is 18.0. The molecule has 0 bridgehead atoms. The van der Waals surface area contributed by atoms with Gasteiger partial charge in [0.15, 0.2) is 0 Å². The molecular formula is C14H19ClF3N3O3S. The van der Waals surface area contributed by atoms with Crippen molar-refractivity contribution in [3.05, 3.63) is 29.8 Å². The van der Waals surface area contributed by atoms with Crippen LogP contribution in [0.2, 0.25) is 0 Å². The van der Waals surface area contributed by atoms with E-state index in [-0.39, 0.29) is 18.4 Å². The topological polar surface area (TPSA) is 78.5 Å². The third kappa shape index (κ3) is 5.56. The van der Waals surface area contributed by atoms with Crippen LogP contribution in [0.5, 0.6) is 0 Å². The van der Waals surface area contributed by atoms with Gasteiger partial charge in [0.25, 0.3) is 0 Å². The van der Waals surface area contributed by atoms with Gasteiger partial charge in [-0.1, -0.05) is 6.07 Å². The first-order valence-corrected chi connectivity index (χ1v) is 8.77. The molecule has 0 saturated carbocycles. The van der Waals surface area contributed by atoms with E-state index >= 15 is 0 Å². The fourth-order valence-electron chi connectivity index (χ4n) is 2.39. The predicted molar refractivity (Wildman–Crippen MR) is 87.9 cm³/mol. The minimum atomic E-state index is -4.64. The lowest BCUT2D eigenvalue weighted by molar-refractivity contribution is -0.137. The molecule has 1 saturated heterocycles. The van der Waals surface area contributed by atoms with Crippen molar-refractivity contribution in [2.45, 2.75) is 24.0 Å². The lowest BCUT2D eigenvalue weighted by Gasteiger charge is -2.34. The van der Waals surface area contributed by atoms with E-state index < -0.39 is 39.1 Å². The normalized spacial score (nSPS) is 18.6. The molecule has 1 aromatic rings. The number of nitrogens with zero attached hydrogens (tertiary/aromatic N) is 1. The Kier molecular flexibility index (Phi) is 7.24. The number of hydrogen-bond donors (Lipinski definition) is 2. The van der Waals surface area contributed by atoms with Crippen molar-refractivity contribution in [2.75, 3.05) is 26.2 Å². The maximum absolute atomic E-state index is 12.7. The molecule has 0 aliphatic carbocycles. The van der Waals surface area contributed by atoms with Crippen molar-refractivity contribution in [1.29, 1.82) is 0 Å². The Labute approximate surface area is 150 Å². The molecule has 0 spiro atoms. The molecule has 0 radical (unpaired) electrons. The van der Waals surface area contributed by atoms with Gasteiger partial charge in [-0.15, -0.1) is 12.4 Å². The predicted octanol–water partition coefficient (Wildman–Crippen LogP) is 1.23. The lowest BCUT2D eigenvalue weighted by atomic mass is 10.2. The number of hydrogen-bond acceptors (Lipinski definition) is 4. The minimum absolute atomic E-state index is 0. The molecule has 1 unspecified atom stereocenters. The van der Waals surface area contributed by atoms with Crippen LogP contribution < -0.4 is 10.0 Å². The summed E-state index contributed by atoms with van der Waals surface area (Å²) < 4.78 is 64.3. The van der Waals surface area contributed by atoms with E-state index in [1.807, 2.05) is 6.92 Å². The Morgan fingerprint density at radius 1 is 1.40 bits per heavy atom. The van der Waals surface area contributed by atoms with Gasteiger partial charge in [-0.2, -0.15) is 13.2 Å². The van der Waals surface area contributed by atoms with Gasteiger partial charge in [0.2, 0.25) is 15.9 Å². The van der Waals surface area contributed by atoms with Crippen LogP contribution >= 0.6 is 12.4 Å². The van der Waals surface area contributed by atoms with Crippen LogP contribution in [-0.2, 0) is 21.0 Å². The molecule has 1 fully saturated rings. The Bertz CT molecular complexity index is 713. The van der Waals surface area contributed by atoms with Gasteiger partial charge in [0.05, 0.1) is 17.0 Å². The van der Waals surface area contributed by atoms with E-state index in [4.69, 9.17) is 0 Å². The van der Waals surface area contributed by atoms with Gasteiger partial charge >= 0.3 is 6.18 Å². The monoisotopic (exact) mass is 401 g/mol. The largest absolute Gasteiger partial charge is 0.416 e. The summed E-state index contributed by atoms with van der Waals surface area (Å²) in [4.78, 5) is 13.1. The number of alkyl halides is 3. The Morgan fingerprint density at radius 3 is 2.68 bits per heavy atom. The van der Waals surface area contributed by atoms with Crippen LogP contribution in [0.25, 0.3) is 0 Å². The van der Waals surface area contributed by atoms with Gasteiger partial charge in [-0.05, 0) is 25.1 Å². The molecule has 2 rings (SSSR count). The minimum Gasteiger partial charge on any atom is -0.336 e. The molecule has 1 heterocycles. The summed E-state index contributed by atoms with van der Waals surface area (Å²) in [6.07, 6.45) is -4.64. The fraction of sp³-hybridized carbons (Fsp3) is 0.500. The highest BCUT2D eigenvalue weighted by atomic mass is 35.5. The molecule has 6 nitrogen and oxygen atoms in total. The summed E-state index contributed by atoms with van der Waals surface area (Å²) in [5.74, 6) is -0.417. The summed E-state index contributed by atoms with van der Waals surface area (Å²) >= 11 is 0. The van der Waals surface area contributed by atoms with Crippen molar-refractivity contribution in [2.24, 2.45) is 0 Å². The average molecular weight is 402 g/mol.